The SMILES string of the molecule is N#Cc1cc(Br)ccc1OC(F)C(=O)O. The van der Waals surface area contributed by atoms with Crippen LogP contribution in [0.15, 0.2) is 22.7 Å². The average Bonchev–Trinajstić information content (AvgIpc) is 2.20. The summed E-state index contributed by atoms with van der Waals surface area (Å²) < 4.78 is 17.8. The van der Waals surface area contributed by atoms with Crippen LogP contribution < -0.4 is 4.74 Å². The van der Waals surface area contributed by atoms with Gasteiger partial charge in [-0.1, -0.05) is 15.9 Å². The molecule has 0 aliphatic heterocycles. The summed E-state index contributed by atoms with van der Waals surface area (Å²) in [4.78, 5) is 10.2. The molecule has 6 heteroatoms. The van der Waals surface area contributed by atoms with Gasteiger partial charge in [-0.25, -0.2) is 4.79 Å². The summed E-state index contributed by atoms with van der Waals surface area (Å²) in [6, 6.07) is 6.01. The highest BCUT2D eigenvalue weighted by molar-refractivity contribution is 9.10. The number of alkyl halides is 1. The van der Waals surface area contributed by atoms with Crippen LogP contribution in [0.25, 0.3) is 0 Å². The van der Waals surface area contributed by atoms with E-state index in [1.165, 1.54) is 18.2 Å². The third-order valence-corrected chi connectivity index (χ3v) is 1.98. The fourth-order valence-corrected chi connectivity index (χ4v) is 1.22. The van der Waals surface area contributed by atoms with Gasteiger partial charge in [0.15, 0.2) is 0 Å². The Morgan fingerprint density at radius 2 is 2.33 bits per heavy atom. The van der Waals surface area contributed by atoms with Gasteiger partial charge in [-0.15, -0.1) is 0 Å². The lowest BCUT2D eigenvalue weighted by Gasteiger charge is -2.08. The van der Waals surface area contributed by atoms with E-state index in [0.29, 0.717) is 4.47 Å². The van der Waals surface area contributed by atoms with E-state index in [-0.39, 0.29) is 11.3 Å². The maximum atomic E-state index is 12.7. The second-order valence-electron chi connectivity index (χ2n) is 2.52. The summed E-state index contributed by atoms with van der Waals surface area (Å²) in [6.45, 7) is 0. The van der Waals surface area contributed by atoms with Crippen molar-refractivity contribution in [3.05, 3.63) is 28.2 Å². The molecule has 0 aliphatic rings. The van der Waals surface area contributed by atoms with Gasteiger partial charge in [-0.05, 0) is 18.2 Å². The van der Waals surface area contributed by atoms with Gasteiger partial charge in [0.05, 0.1) is 5.56 Å². The monoisotopic (exact) mass is 273 g/mol. The van der Waals surface area contributed by atoms with Crippen LogP contribution in [0.4, 0.5) is 4.39 Å². The molecule has 4 nitrogen and oxygen atoms in total. The summed E-state index contributed by atoms with van der Waals surface area (Å²) in [5.74, 6) is -1.84. The first-order valence-corrected chi connectivity index (χ1v) is 4.57. The minimum atomic E-state index is -2.47. The van der Waals surface area contributed by atoms with Gasteiger partial charge in [-0.3, -0.25) is 0 Å². The van der Waals surface area contributed by atoms with Crippen molar-refractivity contribution >= 4 is 21.9 Å². The number of carboxylic acids is 1. The van der Waals surface area contributed by atoms with E-state index in [9.17, 15) is 9.18 Å². The second kappa shape index (κ2) is 4.75. The fraction of sp³-hybridized carbons (Fsp3) is 0.111. The Labute approximate surface area is 93.0 Å². The maximum Gasteiger partial charge on any atom is 0.378 e. The van der Waals surface area contributed by atoms with Crippen LogP contribution in [0.1, 0.15) is 5.56 Å². The van der Waals surface area contributed by atoms with E-state index in [4.69, 9.17) is 10.4 Å². The fourth-order valence-electron chi connectivity index (χ4n) is 0.854. The Morgan fingerprint density at radius 1 is 1.67 bits per heavy atom. The van der Waals surface area contributed by atoms with Crippen LogP contribution in [0.3, 0.4) is 0 Å². The molecule has 78 valence electrons. The lowest BCUT2D eigenvalue weighted by molar-refractivity contribution is -0.153. The van der Waals surface area contributed by atoms with Crippen LogP contribution in [-0.4, -0.2) is 17.4 Å². The highest BCUT2D eigenvalue weighted by atomic mass is 79.9. The Balaban J connectivity index is 2.96. The van der Waals surface area contributed by atoms with E-state index >= 15 is 0 Å². The standard InChI is InChI=1S/C9H5BrFNO3/c10-6-1-2-7(5(3-6)4-12)15-8(11)9(13)14/h1-3,8H,(H,13,14). The lowest BCUT2D eigenvalue weighted by atomic mass is 10.2. The molecule has 1 unspecified atom stereocenters. The summed E-state index contributed by atoms with van der Waals surface area (Å²) in [7, 11) is 0. The number of benzene rings is 1. The Kier molecular flexibility index (Phi) is 3.63. The molecule has 0 saturated heterocycles. The zero-order valence-corrected chi connectivity index (χ0v) is 8.86. The van der Waals surface area contributed by atoms with E-state index in [1.807, 2.05) is 0 Å². The number of hydrogen-bond acceptors (Lipinski definition) is 3. The maximum absolute atomic E-state index is 12.7. The largest absolute Gasteiger partial charge is 0.476 e. The molecule has 15 heavy (non-hydrogen) atoms. The van der Waals surface area contributed by atoms with Crippen molar-refractivity contribution in [2.75, 3.05) is 0 Å². The van der Waals surface area contributed by atoms with E-state index in [1.54, 1.807) is 6.07 Å². The molecular formula is C9H5BrFNO3. The number of nitriles is 1. The number of carboxylic acid groups (broad SMARTS) is 1. The molecule has 1 rings (SSSR count). The quantitative estimate of drug-likeness (QED) is 0.916. The van der Waals surface area contributed by atoms with Crippen LogP contribution in [0.2, 0.25) is 0 Å². The highest BCUT2D eigenvalue weighted by Crippen LogP contribution is 2.23. The van der Waals surface area contributed by atoms with Crippen molar-refractivity contribution in [3.8, 4) is 11.8 Å². The predicted octanol–water partition coefficient (Wildman–Crippen LogP) is 2.08. The first-order valence-electron chi connectivity index (χ1n) is 3.78. The number of ether oxygens (including phenoxy) is 1. The number of aliphatic carboxylic acids is 1. The Bertz CT molecular complexity index is 430. The van der Waals surface area contributed by atoms with Crippen molar-refractivity contribution in [2.24, 2.45) is 0 Å². The van der Waals surface area contributed by atoms with Gasteiger partial charge in [0.25, 0.3) is 0 Å². The molecule has 0 saturated carbocycles. The van der Waals surface area contributed by atoms with E-state index in [2.05, 4.69) is 20.7 Å². The lowest BCUT2D eigenvalue weighted by Crippen LogP contribution is -2.21. The molecule has 1 aromatic rings. The minimum absolute atomic E-state index is 0.0632. The number of hydrogen-bond donors (Lipinski definition) is 1. The molecule has 0 spiro atoms. The van der Waals surface area contributed by atoms with Gasteiger partial charge in [-0.2, -0.15) is 9.65 Å². The van der Waals surface area contributed by atoms with E-state index < -0.39 is 12.3 Å². The topological polar surface area (TPSA) is 70.3 Å². The number of halogens is 2. The molecule has 0 radical (unpaired) electrons. The Morgan fingerprint density at radius 3 is 2.87 bits per heavy atom. The van der Waals surface area contributed by atoms with Gasteiger partial charge in [0, 0.05) is 4.47 Å². The van der Waals surface area contributed by atoms with Gasteiger partial charge in [0.2, 0.25) is 0 Å². The summed E-state index contributed by atoms with van der Waals surface area (Å²) in [5, 5.41) is 16.9. The van der Waals surface area contributed by atoms with Crippen molar-refractivity contribution in [3.63, 3.8) is 0 Å². The van der Waals surface area contributed by atoms with Gasteiger partial charge >= 0.3 is 12.3 Å². The molecule has 0 aromatic heterocycles. The van der Waals surface area contributed by atoms with Crippen LogP contribution in [0, 0.1) is 11.3 Å². The number of carbonyl (C=O) groups is 1. The van der Waals surface area contributed by atoms with Crippen molar-refractivity contribution in [2.45, 2.75) is 6.36 Å². The van der Waals surface area contributed by atoms with Crippen molar-refractivity contribution in [1.82, 2.24) is 0 Å². The summed E-state index contributed by atoms with van der Waals surface area (Å²) in [6.07, 6.45) is -2.47. The van der Waals surface area contributed by atoms with E-state index in [0.717, 1.165) is 0 Å². The number of rotatable bonds is 3. The molecule has 1 aromatic carbocycles. The third-order valence-electron chi connectivity index (χ3n) is 1.49. The minimum Gasteiger partial charge on any atom is -0.476 e. The second-order valence-corrected chi connectivity index (χ2v) is 3.44. The molecule has 0 fully saturated rings. The average molecular weight is 274 g/mol. The summed E-state index contributed by atoms with van der Waals surface area (Å²) >= 11 is 3.12. The smallest absolute Gasteiger partial charge is 0.378 e. The number of nitrogens with zero attached hydrogens (tertiary/aromatic N) is 1. The van der Waals surface area contributed by atoms with Crippen LogP contribution in [0.5, 0.6) is 5.75 Å². The predicted molar refractivity (Wildman–Crippen MR) is 52.0 cm³/mol. The molecule has 0 aliphatic carbocycles. The van der Waals surface area contributed by atoms with Gasteiger partial charge in [0.1, 0.15) is 11.8 Å². The first kappa shape index (κ1) is 11.5. The highest BCUT2D eigenvalue weighted by Gasteiger charge is 2.18. The van der Waals surface area contributed by atoms with Gasteiger partial charge < -0.3 is 9.84 Å². The zero-order chi connectivity index (χ0) is 11.4. The first-order chi connectivity index (χ1) is 7.04. The zero-order valence-electron chi connectivity index (χ0n) is 7.28. The molecule has 0 bridgehead atoms. The summed E-state index contributed by atoms with van der Waals surface area (Å²) in [5.41, 5.74) is 0.0632. The third kappa shape index (κ3) is 2.92. The molecule has 0 amide bonds. The van der Waals surface area contributed by atoms with Crippen molar-refractivity contribution < 1.29 is 19.0 Å². The molecular weight excluding hydrogens is 269 g/mol. The molecule has 1 N–H and O–H groups in total. The normalized spacial score (nSPS) is 11.5. The van der Waals surface area contributed by atoms with Crippen LogP contribution in [-0.2, 0) is 4.79 Å². The van der Waals surface area contributed by atoms with Crippen LogP contribution >= 0.6 is 15.9 Å². The molecule has 0 heterocycles. The molecule has 1 atom stereocenters. The Hall–Kier alpha value is -1.61. The van der Waals surface area contributed by atoms with Crippen molar-refractivity contribution in [1.29, 1.82) is 5.26 Å².